The highest BCUT2D eigenvalue weighted by Crippen LogP contribution is 2.14. The van der Waals surface area contributed by atoms with Crippen LogP contribution in [0.5, 0.6) is 0 Å². The zero-order chi connectivity index (χ0) is 17.1. The number of nitrogens with one attached hydrogen (secondary N) is 2. The fourth-order valence-corrected chi connectivity index (χ4v) is 2.49. The molecule has 0 saturated carbocycles. The Balaban J connectivity index is 1.65. The molecule has 2 N–H and O–H groups in total. The number of H-pyrrole nitrogens is 1. The first kappa shape index (κ1) is 16.1. The molecule has 0 atom stereocenters. The monoisotopic (exact) mass is 346 g/mol. The van der Waals surface area contributed by atoms with E-state index in [2.05, 4.69) is 25.6 Å². The molecule has 2 heterocycles. The molecule has 2 aromatic rings. The molecule has 8 nitrogen and oxygen atoms in total. The predicted octanol–water partition coefficient (Wildman–Crippen LogP) is 1.60. The van der Waals surface area contributed by atoms with E-state index >= 15 is 0 Å². The van der Waals surface area contributed by atoms with Gasteiger partial charge in [0, 0.05) is 31.3 Å². The summed E-state index contributed by atoms with van der Waals surface area (Å²) in [7, 11) is 1.52. The lowest BCUT2D eigenvalue weighted by Crippen LogP contribution is -2.34. The SMILES string of the molecule is CN1N=C(C(=O)Nc2n[nH]c(Cc3cccc(Cl)c3)n2)CCC1=O. The van der Waals surface area contributed by atoms with Crippen LogP contribution in [0.4, 0.5) is 5.95 Å². The van der Waals surface area contributed by atoms with Crippen LogP contribution >= 0.6 is 11.6 Å². The number of hydrogen-bond donors (Lipinski definition) is 2. The number of hydrogen-bond acceptors (Lipinski definition) is 5. The van der Waals surface area contributed by atoms with E-state index < -0.39 is 5.91 Å². The Morgan fingerprint density at radius 1 is 1.42 bits per heavy atom. The molecule has 3 rings (SSSR count). The van der Waals surface area contributed by atoms with Gasteiger partial charge in [0.05, 0.1) is 0 Å². The number of benzene rings is 1. The summed E-state index contributed by atoms with van der Waals surface area (Å²) in [6, 6.07) is 7.42. The topological polar surface area (TPSA) is 103 Å². The smallest absolute Gasteiger partial charge is 0.274 e. The molecular formula is C15H15ClN6O2. The summed E-state index contributed by atoms with van der Waals surface area (Å²) in [4.78, 5) is 27.7. The fraction of sp³-hybridized carbons (Fsp3) is 0.267. The minimum Gasteiger partial charge on any atom is -0.288 e. The number of hydrazone groups is 1. The Bertz CT molecular complexity index is 816. The molecule has 0 bridgehead atoms. The van der Waals surface area contributed by atoms with Crippen LogP contribution in [-0.2, 0) is 16.0 Å². The van der Waals surface area contributed by atoms with Crippen molar-refractivity contribution in [1.82, 2.24) is 20.2 Å². The summed E-state index contributed by atoms with van der Waals surface area (Å²) in [5.74, 6) is 0.237. The number of carbonyl (C=O) groups is 2. The molecule has 1 aromatic carbocycles. The number of nitrogens with zero attached hydrogens (tertiary/aromatic N) is 4. The number of carbonyl (C=O) groups excluding carboxylic acids is 2. The van der Waals surface area contributed by atoms with Gasteiger partial charge in [-0.15, -0.1) is 5.10 Å². The molecule has 2 amide bonds. The van der Waals surface area contributed by atoms with Crippen molar-refractivity contribution < 1.29 is 9.59 Å². The lowest BCUT2D eigenvalue weighted by Gasteiger charge is -2.18. The van der Waals surface area contributed by atoms with Gasteiger partial charge >= 0.3 is 0 Å². The van der Waals surface area contributed by atoms with E-state index in [4.69, 9.17) is 11.6 Å². The summed E-state index contributed by atoms with van der Waals surface area (Å²) < 4.78 is 0. The minimum atomic E-state index is -0.414. The molecule has 0 saturated heterocycles. The number of aromatic nitrogens is 3. The molecule has 1 aromatic heterocycles. The van der Waals surface area contributed by atoms with Gasteiger partial charge < -0.3 is 0 Å². The second-order valence-corrected chi connectivity index (χ2v) is 5.77. The van der Waals surface area contributed by atoms with E-state index in [1.54, 1.807) is 6.07 Å². The van der Waals surface area contributed by atoms with Crippen molar-refractivity contribution in [3.8, 4) is 0 Å². The molecule has 0 spiro atoms. The molecule has 0 radical (unpaired) electrons. The lowest BCUT2D eigenvalue weighted by atomic mass is 10.1. The Morgan fingerprint density at radius 3 is 3.00 bits per heavy atom. The highest BCUT2D eigenvalue weighted by atomic mass is 35.5. The molecule has 1 aliphatic rings. The Hall–Kier alpha value is -2.74. The first-order valence-corrected chi connectivity index (χ1v) is 7.70. The Morgan fingerprint density at radius 2 is 2.25 bits per heavy atom. The quantitative estimate of drug-likeness (QED) is 0.877. The van der Waals surface area contributed by atoms with Gasteiger partial charge in [0.1, 0.15) is 11.5 Å². The molecule has 1 aliphatic heterocycles. The molecule has 124 valence electrons. The molecule has 0 unspecified atom stereocenters. The standard InChI is InChI=1S/C15H15ClN6O2/c1-22-13(23)6-5-11(21-22)14(24)18-15-17-12(19-20-15)8-9-3-2-4-10(16)7-9/h2-4,7H,5-6,8H2,1H3,(H2,17,18,19,20,24). The first-order valence-electron chi connectivity index (χ1n) is 7.32. The van der Waals surface area contributed by atoms with E-state index in [0.717, 1.165) is 5.56 Å². The maximum atomic E-state index is 12.1. The van der Waals surface area contributed by atoms with Crippen LogP contribution in [0.2, 0.25) is 5.02 Å². The second-order valence-electron chi connectivity index (χ2n) is 5.33. The number of rotatable bonds is 4. The van der Waals surface area contributed by atoms with Gasteiger partial charge in [-0.3, -0.25) is 20.0 Å². The molecular weight excluding hydrogens is 332 g/mol. The average molecular weight is 347 g/mol. The first-order chi connectivity index (χ1) is 11.5. The van der Waals surface area contributed by atoms with Crippen LogP contribution in [0, 0.1) is 0 Å². The van der Waals surface area contributed by atoms with Crippen LogP contribution in [0.1, 0.15) is 24.2 Å². The Kier molecular flexibility index (Phi) is 4.57. The van der Waals surface area contributed by atoms with E-state index in [9.17, 15) is 9.59 Å². The zero-order valence-corrected chi connectivity index (χ0v) is 13.7. The van der Waals surface area contributed by atoms with E-state index in [1.807, 2.05) is 18.2 Å². The van der Waals surface area contributed by atoms with Gasteiger partial charge in [0.2, 0.25) is 11.9 Å². The van der Waals surface area contributed by atoms with Crippen molar-refractivity contribution >= 4 is 35.1 Å². The second kappa shape index (κ2) is 6.79. The van der Waals surface area contributed by atoms with Crippen LogP contribution in [-0.4, -0.2) is 44.8 Å². The maximum absolute atomic E-state index is 12.1. The van der Waals surface area contributed by atoms with Gasteiger partial charge in [-0.1, -0.05) is 23.7 Å². The zero-order valence-electron chi connectivity index (χ0n) is 12.9. The van der Waals surface area contributed by atoms with Gasteiger partial charge in [-0.2, -0.15) is 10.1 Å². The summed E-state index contributed by atoms with van der Waals surface area (Å²) in [6.07, 6.45) is 1.08. The van der Waals surface area contributed by atoms with Crippen molar-refractivity contribution in [3.05, 3.63) is 40.7 Å². The van der Waals surface area contributed by atoms with Crippen LogP contribution < -0.4 is 5.32 Å². The predicted molar refractivity (Wildman–Crippen MR) is 88.7 cm³/mol. The van der Waals surface area contributed by atoms with Gasteiger partial charge in [0.25, 0.3) is 5.91 Å². The van der Waals surface area contributed by atoms with Gasteiger partial charge in [-0.05, 0) is 17.7 Å². The van der Waals surface area contributed by atoms with Crippen molar-refractivity contribution in [2.24, 2.45) is 5.10 Å². The third-order valence-electron chi connectivity index (χ3n) is 3.49. The Labute approximate surface area is 142 Å². The molecule has 9 heteroatoms. The summed E-state index contributed by atoms with van der Waals surface area (Å²) in [5, 5.41) is 15.1. The van der Waals surface area contributed by atoms with Crippen molar-refractivity contribution in [2.45, 2.75) is 19.3 Å². The fourth-order valence-electron chi connectivity index (χ4n) is 2.28. The number of halogens is 1. The van der Waals surface area contributed by atoms with Crippen LogP contribution in [0.3, 0.4) is 0 Å². The third-order valence-corrected chi connectivity index (χ3v) is 3.72. The molecule has 0 fully saturated rings. The van der Waals surface area contributed by atoms with E-state index in [1.165, 1.54) is 12.1 Å². The van der Waals surface area contributed by atoms with Crippen LogP contribution in [0.25, 0.3) is 0 Å². The van der Waals surface area contributed by atoms with E-state index in [-0.39, 0.29) is 24.0 Å². The highest BCUT2D eigenvalue weighted by molar-refractivity contribution is 6.43. The van der Waals surface area contributed by atoms with Gasteiger partial charge in [0.15, 0.2) is 0 Å². The van der Waals surface area contributed by atoms with Crippen LogP contribution in [0.15, 0.2) is 29.4 Å². The summed E-state index contributed by atoms with van der Waals surface area (Å²) in [5.41, 5.74) is 1.26. The molecule has 24 heavy (non-hydrogen) atoms. The van der Waals surface area contributed by atoms with E-state index in [0.29, 0.717) is 23.7 Å². The lowest BCUT2D eigenvalue weighted by molar-refractivity contribution is -0.130. The number of aromatic amines is 1. The van der Waals surface area contributed by atoms with Gasteiger partial charge in [-0.25, -0.2) is 5.01 Å². The van der Waals surface area contributed by atoms with Crippen molar-refractivity contribution in [2.75, 3.05) is 12.4 Å². The maximum Gasteiger partial charge on any atom is 0.274 e. The number of amides is 2. The van der Waals surface area contributed by atoms with Crippen molar-refractivity contribution in [1.29, 1.82) is 0 Å². The number of anilines is 1. The summed E-state index contributed by atoms with van der Waals surface area (Å²) >= 11 is 5.95. The normalized spacial score (nSPS) is 14.5. The third kappa shape index (κ3) is 3.77. The summed E-state index contributed by atoms with van der Waals surface area (Å²) in [6.45, 7) is 0. The average Bonchev–Trinajstić information content (AvgIpc) is 2.97. The van der Waals surface area contributed by atoms with Crippen molar-refractivity contribution in [3.63, 3.8) is 0 Å². The highest BCUT2D eigenvalue weighted by Gasteiger charge is 2.22. The molecule has 0 aliphatic carbocycles. The minimum absolute atomic E-state index is 0.117. The largest absolute Gasteiger partial charge is 0.288 e.